The minimum absolute atomic E-state index is 0.0124. The Morgan fingerprint density at radius 2 is 1.43 bits per heavy atom. The summed E-state index contributed by atoms with van der Waals surface area (Å²) in [5.41, 5.74) is -0.498. The number of fused-ring (bicyclic) bond motifs is 6. The molecule has 10 N–H and O–H groups in total. The smallest absolute Gasteiger partial charge is 0.187 e. The SMILES string of the molecule is C[C@@H]1O[C@@H](O[C@H]2CC[C@@]3(C)[C@H](CC[C@]4(C)[C@@H]3C=CC3=C5C[C@@](C)(CO)CC[C@]5(CO)[C@@H](O)C[C@]34C)[C@]2(C)CO)[C@H](O)[C@@H](O[C@@H]2O[C@@H](CO)[C@@H](O)[C@@H](O)[C@@H]2O)[C@@H]1O. The zero-order valence-electron chi connectivity index (χ0n) is 33.8. The van der Waals surface area contributed by atoms with E-state index in [2.05, 4.69) is 39.8 Å². The molecule has 0 spiro atoms. The third-order valence-electron chi connectivity index (χ3n) is 17.1. The second kappa shape index (κ2) is 14.8. The van der Waals surface area contributed by atoms with Gasteiger partial charge in [0, 0.05) is 22.9 Å². The van der Waals surface area contributed by atoms with Gasteiger partial charge in [0.25, 0.3) is 0 Å². The van der Waals surface area contributed by atoms with Crippen LogP contribution < -0.4 is 0 Å². The first-order chi connectivity index (χ1) is 26.2. The monoisotopic (exact) mass is 796 g/mol. The average molecular weight is 797 g/mol. The Bertz CT molecular complexity index is 1520. The van der Waals surface area contributed by atoms with Gasteiger partial charge in [-0.25, -0.2) is 0 Å². The third kappa shape index (κ3) is 6.10. The van der Waals surface area contributed by atoms with Gasteiger partial charge in [0.05, 0.1) is 38.1 Å². The van der Waals surface area contributed by atoms with Gasteiger partial charge in [-0.2, -0.15) is 0 Å². The van der Waals surface area contributed by atoms with Crippen molar-refractivity contribution in [1.82, 2.24) is 0 Å². The number of rotatable bonds is 8. The van der Waals surface area contributed by atoms with Crippen molar-refractivity contribution in [3.05, 3.63) is 23.3 Å². The Balaban J connectivity index is 1.15. The molecule has 7 rings (SSSR count). The molecular formula is C42H68O14. The molecule has 7 aliphatic rings. The van der Waals surface area contributed by atoms with Crippen molar-refractivity contribution >= 4 is 0 Å². The van der Waals surface area contributed by atoms with E-state index in [0.29, 0.717) is 25.7 Å². The van der Waals surface area contributed by atoms with Gasteiger partial charge in [-0.3, -0.25) is 0 Å². The average Bonchev–Trinajstić information content (AvgIpc) is 3.17. The maximum Gasteiger partial charge on any atom is 0.187 e. The lowest BCUT2D eigenvalue weighted by Gasteiger charge is -2.70. The molecule has 0 aromatic carbocycles. The molecule has 5 fully saturated rings. The Labute approximate surface area is 330 Å². The van der Waals surface area contributed by atoms with Crippen LogP contribution in [-0.2, 0) is 18.9 Å². The second-order valence-corrected chi connectivity index (χ2v) is 20.1. The van der Waals surface area contributed by atoms with Crippen LogP contribution in [-0.4, -0.2) is 151 Å². The number of hydrogen-bond donors (Lipinski definition) is 10. The molecule has 14 heteroatoms. The number of ether oxygens (including phenoxy) is 4. The summed E-state index contributed by atoms with van der Waals surface area (Å²) in [4.78, 5) is 0. The predicted octanol–water partition coefficient (Wildman–Crippen LogP) is 0.653. The Morgan fingerprint density at radius 3 is 2.07 bits per heavy atom. The molecule has 2 heterocycles. The van der Waals surface area contributed by atoms with Crippen LogP contribution in [0.3, 0.4) is 0 Å². The topological polar surface area (TPSA) is 239 Å². The van der Waals surface area contributed by atoms with Crippen molar-refractivity contribution in [3.8, 4) is 0 Å². The van der Waals surface area contributed by atoms with Gasteiger partial charge in [0.15, 0.2) is 12.6 Å². The highest BCUT2D eigenvalue weighted by atomic mass is 16.7. The van der Waals surface area contributed by atoms with E-state index < -0.39 is 96.5 Å². The molecule has 0 bridgehead atoms. The highest BCUT2D eigenvalue weighted by molar-refractivity contribution is 5.47. The Morgan fingerprint density at radius 1 is 0.732 bits per heavy atom. The normalized spacial score (nSPS) is 55.9. The van der Waals surface area contributed by atoms with Crippen LogP contribution in [0.15, 0.2) is 23.3 Å². The van der Waals surface area contributed by atoms with Crippen LogP contribution in [0.4, 0.5) is 0 Å². The van der Waals surface area contributed by atoms with Gasteiger partial charge in [0.2, 0.25) is 0 Å². The predicted molar refractivity (Wildman–Crippen MR) is 200 cm³/mol. The molecule has 320 valence electrons. The highest BCUT2D eigenvalue weighted by Gasteiger charge is 2.69. The van der Waals surface area contributed by atoms with Gasteiger partial charge in [0.1, 0.15) is 42.7 Å². The summed E-state index contributed by atoms with van der Waals surface area (Å²) in [7, 11) is 0. The molecule has 0 aromatic heterocycles. The molecule has 14 nitrogen and oxygen atoms in total. The van der Waals surface area contributed by atoms with Crippen molar-refractivity contribution in [2.75, 3.05) is 26.4 Å². The summed E-state index contributed by atoms with van der Waals surface area (Å²) in [6.07, 6.45) is -5.79. The first-order valence-corrected chi connectivity index (χ1v) is 20.8. The van der Waals surface area contributed by atoms with Gasteiger partial charge >= 0.3 is 0 Å². The van der Waals surface area contributed by atoms with E-state index in [1.54, 1.807) is 6.92 Å². The van der Waals surface area contributed by atoms with E-state index in [9.17, 15) is 51.1 Å². The third-order valence-corrected chi connectivity index (χ3v) is 17.1. The molecule has 0 radical (unpaired) electrons. The Hall–Kier alpha value is -1.08. The molecule has 20 atom stereocenters. The fourth-order valence-corrected chi connectivity index (χ4v) is 13.1. The largest absolute Gasteiger partial charge is 0.396 e. The van der Waals surface area contributed by atoms with Gasteiger partial charge in [-0.05, 0) is 91.9 Å². The summed E-state index contributed by atoms with van der Waals surface area (Å²) >= 11 is 0. The number of aliphatic hydroxyl groups excluding tert-OH is 10. The quantitative estimate of drug-likeness (QED) is 0.152. The molecule has 2 saturated heterocycles. The minimum atomic E-state index is -1.74. The summed E-state index contributed by atoms with van der Waals surface area (Å²) < 4.78 is 24.0. The molecule has 56 heavy (non-hydrogen) atoms. The zero-order chi connectivity index (χ0) is 41.0. The lowest BCUT2D eigenvalue weighted by atomic mass is 9.35. The van der Waals surface area contributed by atoms with E-state index >= 15 is 0 Å². The first-order valence-electron chi connectivity index (χ1n) is 20.8. The summed E-state index contributed by atoms with van der Waals surface area (Å²) in [5, 5.41) is 108. The van der Waals surface area contributed by atoms with Gasteiger partial charge < -0.3 is 70.0 Å². The number of allylic oxidation sites excluding steroid dienone is 3. The number of aliphatic hydroxyl groups is 10. The van der Waals surface area contributed by atoms with Crippen molar-refractivity contribution in [2.24, 2.45) is 44.3 Å². The fourth-order valence-electron chi connectivity index (χ4n) is 13.1. The van der Waals surface area contributed by atoms with E-state index in [1.807, 2.05) is 6.92 Å². The standard InChI is InChI=1S/C42H68O14/c1-21-29(48)34(56-35-32(51)31(50)30(49)24(17-43)54-35)33(52)36(53-21)55-28-10-11-38(3)25(39(28,4)19-45)9-12-40(5)26(38)8-7-22-23-15-37(2,18-44)13-14-42(23,20-46)27(47)16-41(22,40)6/h7-8,21,24-36,43-52H,9-20H2,1-6H3/t21-,24-,25-,26+,27-,28-,29+,30+,31+,32-,33+,34-,35-,36-,37-,38-,39-,40+,41+,42+/m0/s1. The van der Waals surface area contributed by atoms with Crippen molar-refractivity contribution in [2.45, 2.75) is 167 Å². The van der Waals surface area contributed by atoms with Crippen LogP contribution >= 0.6 is 0 Å². The summed E-state index contributed by atoms with van der Waals surface area (Å²) in [6, 6.07) is 0. The van der Waals surface area contributed by atoms with Crippen molar-refractivity contribution in [1.29, 1.82) is 0 Å². The molecule has 5 aliphatic carbocycles. The van der Waals surface area contributed by atoms with Gasteiger partial charge in [-0.15, -0.1) is 0 Å². The lowest BCUT2D eigenvalue weighted by Crippen LogP contribution is -2.67. The van der Waals surface area contributed by atoms with Crippen LogP contribution in [0.5, 0.6) is 0 Å². The van der Waals surface area contributed by atoms with Gasteiger partial charge in [-0.1, -0.05) is 52.3 Å². The van der Waals surface area contributed by atoms with E-state index in [1.165, 1.54) is 5.57 Å². The van der Waals surface area contributed by atoms with E-state index in [4.69, 9.17) is 18.9 Å². The molecule has 2 aliphatic heterocycles. The number of hydrogen-bond acceptors (Lipinski definition) is 14. The van der Waals surface area contributed by atoms with Crippen LogP contribution in [0.1, 0.15) is 92.9 Å². The second-order valence-electron chi connectivity index (χ2n) is 20.1. The van der Waals surface area contributed by atoms with Crippen molar-refractivity contribution in [3.63, 3.8) is 0 Å². The lowest BCUT2D eigenvalue weighted by molar-refractivity contribution is -0.367. The van der Waals surface area contributed by atoms with Crippen molar-refractivity contribution < 1.29 is 70.0 Å². The van der Waals surface area contributed by atoms with E-state index in [0.717, 1.165) is 31.3 Å². The maximum atomic E-state index is 12.0. The molecular weight excluding hydrogens is 728 g/mol. The highest BCUT2D eigenvalue weighted by Crippen LogP contribution is 2.74. The molecule has 0 amide bonds. The molecule has 3 saturated carbocycles. The Kier molecular flexibility index (Phi) is 11.4. The minimum Gasteiger partial charge on any atom is -0.396 e. The maximum absolute atomic E-state index is 12.0. The fraction of sp³-hybridized carbons (Fsp3) is 0.905. The van der Waals surface area contributed by atoms with Crippen LogP contribution in [0.2, 0.25) is 0 Å². The zero-order valence-corrected chi connectivity index (χ0v) is 33.8. The first kappa shape index (κ1) is 43.0. The summed E-state index contributed by atoms with van der Waals surface area (Å²) in [6.45, 7) is 11.7. The van der Waals surface area contributed by atoms with Crippen LogP contribution in [0.25, 0.3) is 0 Å². The molecule has 0 unspecified atom stereocenters. The molecule has 0 aromatic rings. The summed E-state index contributed by atoms with van der Waals surface area (Å²) in [5.74, 6) is 0.0705. The van der Waals surface area contributed by atoms with E-state index in [-0.39, 0.29) is 47.9 Å². The van der Waals surface area contributed by atoms with Crippen LogP contribution in [0, 0.1) is 44.3 Å².